The fourth-order valence-corrected chi connectivity index (χ4v) is 5.19. The van der Waals surface area contributed by atoms with Crippen molar-refractivity contribution < 1.29 is 8.42 Å². The van der Waals surface area contributed by atoms with E-state index in [4.69, 9.17) is 5.73 Å². The number of rotatable bonds is 5. The van der Waals surface area contributed by atoms with Crippen molar-refractivity contribution in [1.82, 2.24) is 10.2 Å². The topological polar surface area (TPSA) is 89.2 Å². The molecule has 9 heteroatoms. The van der Waals surface area contributed by atoms with Gasteiger partial charge in [-0.1, -0.05) is 18.2 Å². The molecule has 0 aliphatic heterocycles. The summed E-state index contributed by atoms with van der Waals surface area (Å²) in [6, 6.07) is 8.60. The van der Waals surface area contributed by atoms with Gasteiger partial charge in [-0.25, -0.2) is 8.42 Å². The van der Waals surface area contributed by atoms with E-state index in [2.05, 4.69) is 10.2 Å². The molecule has 1 aromatic carbocycles. The van der Waals surface area contributed by atoms with E-state index >= 15 is 0 Å². The van der Waals surface area contributed by atoms with Crippen LogP contribution in [0.15, 0.2) is 45.4 Å². The maximum Gasteiger partial charge on any atom is 0.273 e. The van der Waals surface area contributed by atoms with Crippen molar-refractivity contribution >= 4 is 55.7 Å². The van der Waals surface area contributed by atoms with Crippen LogP contribution in [-0.2, 0) is 10.0 Å². The lowest BCUT2D eigenvalue weighted by Gasteiger charge is -2.21. The van der Waals surface area contributed by atoms with Crippen molar-refractivity contribution in [2.45, 2.75) is 11.1 Å². The molecule has 6 nitrogen and oxygen atoms in total. The Kier molecular flexibility index (Phi) is 4.89. The number of nitrogens with two attached hydrogens (primary N) is 1. The summed E-state index contributed by atoms with van der Waals surface area (Å²) in [5, 5.41) is 10.4. The number of anilines is 2. The van der Waals surface area contributed by atoms with E-state index in [1.54, 1.807) is 35.2 Å². The highest BCUT2D eigenvalue weighted by Crippen LogP contribution is 2.33. The fourth-order valence-electron chi connectivity index (χ4n) is 2.29. The summed E-state index contributed by atoms with van der Waals surface area (Å²) < 4.78 is 26.9. The largest absolute Gasteiger partial charge is 0.397 e. The van der Waals surface area contributed by atoms with Gasteiger partial charge >= 0.3 is 0 Å². The van der Waals surface area contributed by atoms with Gasteiger partial charge in [0, 0.05) is 7.05 Å². The van der Waals surface area contributed by atoms with Gasteiger partial charge in [0.05, 0.1) is 11.4 Å². The Morgan fingerprint density at radius 1 is 1.24 bits per heavy atom. The predicted molar refractivity (Wildman–Crippen MR) is 104 cm³/mol. The highest BCUT2D eigenvalue weighted by Gasteiger charge is 2.24. The molecule has 0 fully saturated rings. The maximum atomic E-state index is 12.7. The van der Waals surface area contributed by atoms with Crippen molar-refractivity contribution in [2.24, 2.45) is 0 Å². The first-order valence-corrected chi connectivity index (χ1v) is 10.5. The molecule has 2 aromatic heterocycles. The normalized spacial score (nSPS) is 12.3. The van der Waals surface area contributed by atoms with E-state index in [-0.39, 0.29) is 4.21 Å². The molecule has 2 heterocycles. The van der Waals surface area contributed by atoms with Crippen LogP contribution in [0.5, 0.6) is 0 Å². The van der Waals surface area contributed by atoms with Crippen LogP contribution in [0.2, 0.25) is 0 Å². The lowest BCUT2D eigenvalue weighted by molar-refractivity contribution is 0.596. The number of allylic oxidation sites excluding steroid dienone is 1. The van der Waals surface area contributed by atoms with Crippen LogP contribution in [-0.4, -0.2) is 25.7 Å². The van der Waals surface area contributed by atoms with E-state index < -0.39 is 10.0 Å². The molecule has 0 spiro atoms. The average molecular weight is 393 g/mol. The standard InChI is InChI=1S/C16H16N4O2S3/c1-11(16-19-18-10-24-16)9-12-5-3-6-13(15(12)17)20(2)25(21,22)14-7-4-8-23-14/h3-10H,17H2,1-2H3/b11-9+. The highest BCUT2D eigenvalue weighted by atomic mass is 32.2. The monoisotopic (exact) mass is 392 g/mol. The van der Waals surface area contributed by atoms with Gasteiger partial charge in [0.15, 0.2) is 0 Å². The van der Waals surface area contributed by atoms with Gasteiger partial charge in [0.2, 0.25) is 0 Å². The van der Waals surface area contributed by atoms with E-state index in [1.165, 1.54) is 34.0 Å². The van der Waals surface area contributed by atoms with Crippen molar-refractivity contribution in [3.63, 3.8) is 0 Å². The number of hydrogen-bond donors (Lipinski definition) is 1. The molecule has 0 saturated carbocycles. The molecule has 130 valence electrons. The zero-order valence-corrected chi connectivity index (χ0v) is 16.0. The van der Waals surface area contributed by atoms with Crippen LogP contribution in [0, 0.1) is 0 Å². The number of hydrogen-bond acceptors (Lipinski definition) is 7. The maximum absolute atomic E-state index is 12.7. The van der Waals surface area contributed by atoms with Crippen molar-refractivity contribution in [1.29, 1.82) is 0 Å². The van der Waals surface area contributed by atoms with Crippen LogP contribution in [0.25, 0.3) is 11.6 Å². The number of nitrogens with zero attached hydrogens (tertiary/aromatic N) is 3. The first kappa shape index (κ1) is 17.6. The Bertz CT molecular complexity index is 994. The molecular formula is C16H16N4O2S3. The van der Waals surface area contributed by atoms with Crippen LogP contribution in [0.1, 0.15) is 17.5 Å². The minimum absolute atomic E-state index is 0.278. The summed E-state index contributed by atoms with van der Waals surface area (Å²) in [5.41, 5.74) is 10.4. The first-order valence-electron chi connectivity index (χ1n) is 7.27. The van der Waals surface area contributed by atoms with Crippen LogP contribution >= 0.6 is 22.7 Å². The lowest BCUT2D eigenvalue weighted by Crippen LogP contribution is -2.26. The summed E-state index contributed by atoms with van der Waals surface area (Å²) >= 11 is 2.61. The Morgan fingerprint density at radius 3 is 2.68 bits per heavy atom. The third kappa shape index (κ3) is 3.44. The van der Waals surface area contributed by atoms with E-state index in [9.17, 15) is 8.42 Å². The quantitative estimate of drug-likeness (QED) is 0.671. The minimum atomic E-state index is -3.63. The molecule has 0 amide bonds. The van der Waals surface area contributed by atoms with Gasteiger partial charge in [0.1, 0.15) is 14.7 Å². The zero-order chi connectivity index (χ0) is 18.0. The van der Waals surface area contributed by atoms with Crippen LogP contribution in [0.4, 0.5) is 11.4 Å². The molecule has 0 aliphatic rings. The molecular weight excluding hydrogens is 376 g/mol. The third-order valence-electron chi connectivity index (χ3n) is 3.64. The average Bonchev–Trinajstić information content (AvgIpc) is 3.29. The van der Waals surface area contributed by atoms with E-state index in [0.29, 0.717) is 11.4 Å². The molecule has 3 rings (SSSR count). The molecule has 2 N–H and O–H groups in total. The van der Waals surface area contributed by atoms with Gasteiger partial charge in [-0.15, -0.1) is 32.9 Å². The van der Waals surface area contributed by atoms with E-state index in [0.717, 1.165) is 16.1 Å². The predicted octanol–water partition coefficient (Wildman–Crippen LogP) is 3.57. The minimum Gasteiger partial charge on any atom is -0.397 e. The van der Waals surface area contributed by atoms with Crippen molar-refractivity contribution in [2.75, 3.05) is 17.1 Å². The molecule has 25 heavy (non-hydrogen) atoms. The molecule has 0 atom stereocenters. The SMILES string of the molecule is C/C(=C\c1cccc(N(C)S(=O)(=O)c2cccs2)c1N)c1nncs1. The van der Waals surface area contributed by atoms with Crippen LogP contribution < -0.4 is 10.0 Å². The summed E-state index contributed by atoms with van der Waals surface area (Å²) in [6.07, 6.45) is 1.88. The van der Waals surface area contributed by atoms with Gasteiger partial charge < -0.3 is 5.73 Å². The first-order chi connectivity index (χ1) is 11.9. The van der Waals surface area contributed by atoms with Crippen molar-refractivity contribution in [3.05, 3.63) is 51.8 Å². The second-order valence-electron chi connectivity index (χ2n) is 5.26. The second kappa shape index (κ2) is 6.95. The molecule has 0 saturated heterocycles. The Hall–Kier alpha value is -2.23. The summed E-state index contributed by atoms with van der Waals surface area (Å²) in [6.45, 7) is 1.92. The number of thiophene rings is 1. The smallest absolute Gasteiger partial charge is 0.273 e. The fraction of sp³-hybridized carbons (Fsp3) is 0.125. The molecule has 3 aromatic rings. The molecule has 0 aliphatic carbocycles. The summed E-state index contributed by atoms with van der Waals surface area (Å²) in [4.78, 5) is 0. The van der Waals surface area contributed by atoms with E-state index in [1.807, 2.05) is 19.1 Å². The summed E-state index contributed by atoms with van der Waals surface area (Å²) in [7, 11) is -2.12. The summed E-state index contributed by atoms with van der Waals surface area (Å²) in [5.74, 6) is 0. The number of nitrogen functional groups attached to an aromatic ring is 1. The molecule has 0 bridgehead atoms. The zero-order valence-electron chi connectivity index (χ0n) is 13.6. The number of para-hydroxylation sites is 1. The van der Waals surface area contributed by atoms with Gasteiger partial charge in [-0.05, 0) is 41.6 Å². The Labute approximate surface area is 154 Å². The Morgan fingerprint density at radius 2 is 2.04 bits per heavy atom. The van der Waals surface area contributed by atoms with Gasteiger partial charge in [0.25, 0.3) is 10.0 Å². The molecule has 0 radical (unpaired) electrons. The molecule has 0 unspecified atom stereocenters. The van der Waals surface area contributed by atoms with Crippen LogP contribution in [0.3, 0.4) is 0 Å². The van der Waals surface area contributed by atoms with Crippen molar-refractivity contribution in [3.8, 4) is 0 Å². The Balaban J connectivity index is 2.01. The van der Waals surface area contributed by atoms with Gasteiger partial charge in [-0.2, -0.15) is 0 Å². The number of aromatic nitrogens is 2. The second-order valence-corrected chi connectivity index (χ2v) is 9.23. The third-order valence-corrected chi connectivity index (χ3v) is 7.61. The van der Waals surface area contributed by atoms with Gasteiger partial charge in [-0.3, -0.25) is 4.31 Å². The lowest BCUT2D eigenvalue weighted by atomic mass is 10.1. The number of sulfonamides is 1. The highest BCUT2D eigenvalue weighted by molar-refractivity contribution is 7.94. The number of benzene rings is 1.